The van der Waals surface area contributed by atoms with Crippen molar-refractivity contribution >= 4 is 5.91 Å². The van der Waals surface area contributed by atoms with Crippen molar-refractivity contribution in [2.24, 2.45) is 5.92 Å². The lowest BCUT2D eigenvalue weighted by Gasteiger charge is -2.29. The first kappa shape index (κ1) is 18.1. The fourth-order valence-electron chi connectivity index (χ4n) is 3.82. The Morgan fingerprint density at radius 1 is 1.22 bits per heavy atom. The normalized spacial score (nSPS) is 18.0. The molecule has 3 heterocycles. The summed E-state index contributed by atoms with van der Waals surface area (Å²) in [5.74, 6) is 2.87. The number of carbonyl (C=O) groups excluding carboxylic acids is 1. The molecule has 0 spiro atoms. The van der Waals surface area contributed by atoms with Gasteiger partial charge in [-0.05, 0) is 74.0 Å². The highest BCUT2D eigenvalue weighted by Crippen LogP contribution is 2.25. The molecule has 0 saturated carbocycles. The summed E-state index contributed by atoms with van der Waals surface area (Å²) in [5, 5.41) is 2.96. The lowest BCUT2D eigenvalue weighted by Crippen LogP contribution is -2.32. The minimum absolute atomic E-state index is 0.164. The average molecular weight is 368 g/mol. The lowest BCUT2D eigenvalue weighted by atomic mass is 9.99. The third-order valence-corrected chi connectivity index (χ3v) is 5.57. The van der Waals surface area contributed by atoms with Crippen molar-refractivity contribution in [3.8, 4) is 5.75 Å². The topological polar surface area (TPSA) is 54.7 Å². The number of likely N-dealkylation sites (tertiary alicyclic amines) is 1. The number of amides is 1. The predicted octanol–water partition coefficient (Wildman–Crippen LogP) is 3.77. The van der Waals surface area contributed by atoms with Gasteiger partial charge in [-0.3, -0.25) is 9.69 Å². The van der Waals surface area contributed by atoms with Gasteiger partial charge in [0, 0.05) is 6.54 Å². The molecule has 1 aromatic carbocycles. The van der Waals surface area contributed by atoms with Gasteiger partial charge in [-0.25, -0.2) is 0 Å². The molecule has 1 amide bonds. The smallest absolute Gasteiger partial charge is 0.287 e. The summed E-state index contributed by atoms with van der Waals surface area (Å²) in [6.07, 6.45) is 4.56. The Morgan fingerprint density at radius 2 is 2.07 bits per heavy atom. The van der Waals surface area contributed by atoms with E-state index in [0.717, 1.165) is 62.1 Å². The number of hydrogen-bond acceptors (Lipinski definition) is 4. The quantitative estimate of drug-likeness (QED) is 0.873. The number of nitrogens with zero attached hydrogens (tertiary/aromatic N) is 1. The minimum atomic E-state index is -0.164. The molecule has 0 atom stereocenters. The third-order valence-electron chi connectivity index (χ3n) is 5.57. The molecule has 5 heteroatoms. The largest absolute Gasteiger partial charge is 0.493 e. The van der Waals surface area contributed by atoms with E-state index in [4.69, 9.17) is 9.15 Å². The zero-order valence-corrected chi connectivity index (χ0v) is 16.0. The van der Waals surface area contributed by atoms with Gasteiger partial charge >= 0.3 is 0 Å². The maximum Gasteiger partial charge on any atom is 0.287 e. The Morgan fingerprint density at radius 3 is 2.93 bits per heavy atom. The fourth-order valence-corrected chi connectivity index (χ4v) is 3.82. The van der Waals surface area contributed by atoms with Crippen LogP contribution in [0.4, 0.5) is 0 Å². The molecule has 4 rings (SSSR count). The average Bonchev–Trinajstić information content (AvgIpc) is 3.16. The van der Waals surface area contributed by atoms with Crippen LogP contribution in [0.1, 0.15) is 53.6 Å². The first-order valence-electron chi connectivity index (χ1n) is 10.0. The molecule has 5 nitrogen and oxygen atoms in total. The molecule has 2 aliphatic heterocycles. The van der Waals surface area contributed by atoms with Crippen LogP contribution >= 0.6 is 0 Å². The number of rotatable bonds is 5. The zero-order valence-electron chi connectivity index (χ0n) is 16.0. The molecule has 1 fully saturated rings. The van der Waals surface area contributed by atoms with Gasteiger partial charge in [-0.2, -0.15) is 0 Å². The second kappa shape index (κ2) is 8.17. The van der Waals surface area contributed by atoms with Gasteiger partial charge in [0.05, 0.1) is 13.2 Å². The van der Waals surface area contributed by atoms with E-state index in [-0.39, 0.29) is 5.91 Å². The molecular formula is C22H28N2O3. The summed E-state index contributed by atoms with van der Waals surface area (Å²) in [6, 6.07) is 9.83. The molecule has 0 aliphatic carbocycles. The minimum Gasteiger partial charge on any atom is -0.493 e. The van der Waals surface area contributed by atoms with Crippen molar-refractivity contribution in [3.63, 3.8) is 0 Å². The molecule has 2 aliphatic rings. The summed E-state index contributed by atoms with van der Waals surface area (Å²) >= 11 is 0. The Bertz CT molecular complexity index is 791. The second-order valence-corrected chi connectivity index (χ2v) is 7.80. The summed E-state index contributed by atoms with van der Waals surface area (Å²) < 4.78 is 11.4. The number of benzene rings is 1. The monoisotopic (exact) mass is 368 g/mol. The van der Waals surface area contributed by atoms with Crippen LogP contribution in [0.15, 0.2) is 34.7 Å². The fraction of sp³-hybridized carbons (Fsp3) is 0.500. The van der Waals surface area contributed by atoms with Crippen LogP contribution in [-0.4, -0.2) is 30.5 Å². The van der Waals surface area contributed by atoms with E-state index in [0.29, 0.717) is 12.3 Å². The highest BCUT2D eigenvalue weighted by atomic mass is 16.5. The van der Waals surface area contributed by atoms with Crippen LogP contribution in [0, 0.1) is 5.92 Å². The number of piperidine rings is 1. The third kappa shape index (κ3) is 4.53. The highest BCUT2D eigenvalue weighted by Gasteiger charge is 2.18. The lowest BCUT2D eigenvalue weighted by molar-refractivity contribution is 0.0917. The predicted molar refractivity (Wildman–Crippen MR) is 104 cm³/mol. The van der Waals surface area contributed by atoms with Crippen LogP contribution in [-0.2, 0) is 19.5 Å². The molecule has 27 heavy (non-hydrogen) atoms. The number of nitrogens with one attached hydrogen (secondary N) is 1. The molecule has 0 radical (unpaired) electrons. The summed E-state index contributed by atoms with van der Waals surface area (Å²) in [4.78, 5) is 14.8. The summed E-state index contributed by atoms with van der Waals surface area (Å²) in [6.45, 7) is 6.58. The van der Waals surface area contributed by atoms with Crippen molar-refractivity contribution in [1.82, 2.24) is 10.2 Å². The zero-order chi connectivity index (χ0) is 18.6. The molecule has 1 saturated heterocycles. The number of aryl methyl sites for hydroxylation is 1. The molecule has 0 bridgehead atoms. The Kier molecular flexibility index (Phi) is 5.48. The molecule has 0 unspecified atom stereocenters. The van der Waals surface area contributed by atoms with Gasteiger partial charge in [-0.1, -0.05) is 19.1 Å². The van der Waals surface area contributed by atoms with Crippen molar-refractivity contribution in [3.05, 3.63) is 53.0 Å². The van der Waals surface area contributed by atoms with Crippen molar-refractivity contribution in [1.29, 1.82) is 0 Å². The number of furan rings is 1. The first-order chi connectivity index (χ1) is 13.2. The summed E-state index contributed by atoms with van der Waals surface area (Å²) in [5.41, 5.74) is 2.31. The van der Waals surface area contributed by atoms with Crippen LogP contribution in [0.5, 0.6) is 5.75 Å². The van der Waals surface area contributed by atoms with Gasteiger partial charge in [0.2, 0.25) is 0 Å². The van der Waals surface area contributed by atoms with Gasteiger partial charge in [0.15, 0.2) is 5.76 Å². The number of ether oxygens (including phenoxy) is 1. The molecule has 2 aromatic rings. The maximum atomic E-state index is 12.4. The van der Waals surface area contributed by atoms with Crippen molar-refractivity contribution in [2.75, 3.05) is 19.7 Å². The van der Waals surface area contributed by atoms with Crippen molar-refractivity contribution in [2.45, 2.75) is 45.7 Å². The second-order valence-electron chi connectivity index (χ2n) is 7.80. The Hall–Kier alpha value is -2.27. The van der Waals surface area contributed by atoms with Crippen molar-refractivity contribution < 1.29 is 13.9 Å². The summed E-state index contributed by atoms with van der Waals surface area (Å²) in [7, 11) is 0. The van der Waals surface area contributed by atoms with E-state index in [9.17, 15) is 4.79 Å². The van der Waals surface area contributed by atoms with E-state index in [1.54, 1.807) is 6.07 Å². The van der Waals surface area contributed by atoms with Crippen LogP contribution in [0.2, 0.25) is 0 Å². The SMILES string of the molecule is CC1CCN(Cc2ccc(C(=O)NCc3ccc4c(c3)CCCO4)o2)CC1. The number of carbonyl (C=O) groups is 1. The molecular weight excluding hydrogens is 340 g/mol. The highest BCUT2D eigenvalue weighted by molar-refractivity contribution is 5.91. The van der Waals surface area contributed by atoms with E-state index in [1.807, 2.05) is 18.2 Å². The number of hydrogen-bond donors (Lipinski definition) is 1. The molecule has 144 valence electrons. The van der Waals surface area contributed by atoms with Crippen LogP contribution < -0.4 is 10.1 Å². The number of fused-ring (bicyclic) bond motifs is 1. The van der Waals surface area contributed by atoms with Gasteiger partial charge < -0.3 is 14.5 Å². The van der Waals surface area contributed by atoms with Crippen LogP contribution in [0.3, 0.4) is 0 Å². The maximum absolute atomic E-state index is 12.4. The van der Waals surface area contributed by atoms with E-state index in [1.165, 1.54) is 18.4 Å². The van der Waals surface area contributed by atoms with Gasteiger partial charge in [0.25, 0.3) is 5.91 Å². The van der Waals surface area contributed by atoms with Gasteiger partial charge in [-0.15, -0.1) is 0 Å². The Balaban J connectivity index is 1.30. The van der Waals surface area contributed by atoms with E-state index in [2.05, 4.69) is 23.2 Å². The van der Waals surface area contributed by atoms with Gasteiger partial charge in [0.1, 0.15) is 11.5 Å². The van der Waals surface area contributed by atoms with E-state index >= 15 is 0 Å². The first-order valence-corrected chi connectivity index (χ1v) is 10.0. The van der Waals surface area contributed by atoms with Crippen LogP contribution in [0.25, 0.3) is 0 Å². The Labute approximate surface area is 160 Å². The molecule has 1 aromatic heterocycles. The standard InChI is InChI=1S/C22H28N2O3/c1-16-8-10-24(11-9-16)15-19-5-7-21(27-19)22(25)23-14-17-4-6-20-18(13-17)3-2-12-26-20/h4-7,13,16H,2-3,8-12,14-15H2,1H3,(H,23,25). The van der Waals surface area contributed by atoms with E-state index < -0.39 is 0 Å². The molecule has 1 N–H and O–H groups in total.